The van der Waals surface area contributed by atoms with E-state index in [1.165, 1.54) is 12.1 Å². The molecule has 1 saturated heterocycles. The van der Waals surface area contributed by atoms with Crippen molar-refractivity contribution in [3.8, 4) is 0 Å². The predicted molar refractivity (Wildman–Crippen MR) is 134 cm³/mol. The Labute approximate surface area is 201 Å². The average Bonchev–Trinajstić information content (AvgIpc) is 3.23. The lowest BCUT2D eigenvalue weighted by Crippen LogP contribution is -2.42. The number of sulfonamides is 1. The highest BCUT2D eigenvalue weighted by molar-refractivity contribution is 7.90. The van der Waals surface area contributed by atoms with Gasteiger partial charge in [-0.2, -0.15) is 0 Å². The SMILES string of the molecule is O=S(=O)(NCC1CCN(c2nc3ccccc3n2Cc2ccc(F)cc2)CC1)C1CCCCC1. The maximum Gasteiger partial charge on any atom is 0.214 e. The normalized spacial score (nSPS) is 18.6. The first-order chi connectivity index (χ1) is 16.5. The first-order valence-corrected chi connectivity index (χ1v) is 14.0. The van der Waals surface area contributed by atoms with Crippen molar-refractivity contribution in [2.45, 2.75) is 56.7 Å². The number of nitrogens with zero attached hydrogens (tertiary/aromatic N) is 3. The zero-order valence-corrected chi connectivity index (χ0v) is 20.3. The van der Waals surface area contributed by atoms with Crippen LogP contribution in [0.2, 0.25) is 0 Å². The number of rotatable bonds is 7. The lowest BCUT2D eigenvalue weighted by atomic mass is 9.97. The van der Waals surface area contributed by atoms with Gasteiger partial charge in [0.1, 0.15) is 5.82 Å². The molecule has 182 valence electrons. The predicted octanol–water partition coefficient (Wildman–Crippen LogP) is 4.69. The van der Waals surface area contributed by atoms with E-state index in [1.54, 1.807) is 0 Å². The van der Waals surface area contributed by atoms with Gasteiger partial charge in [0.05, 0.1) is 22.8 Å². The molecule has 1 aromatic heterocycles. The molecule has 0 atom stereocenters. The van der Waals surface area contributed by atoms with Gasteiger partial charge in [0, 0.05) is 19.6 Å². The number of imidazole rings is 1. The molecule has 3 aromatic rings. The van der Waals surface area contributed by atoms with Gasteiger partial charge in [-0.1, -0.05) is 43.5 Å². The molecule has 1 aliphatic carbocycles. The van der Waals surface area contributed by atoms with Crippen molar-refractivity contribution in [1.82, 2.24) is 14.3 Å². The van der Waals surface area contributed by atoms with Gasteiger partial charge < -0.3 is 9.47 Å². The number of aromatic nitrogens is 2. The fraction of sp³-hybridized carbons (Fsp3) is 0.500. The zero-order chi connectivity index (χ0) is 23.5. The van der Waals surface area contributed by atoms with Crippen LogP contribution in [-0.2, 0) is 16.6 Å². The molecule has 1 aliphatic heterocycles. The minimum absolute atomic E-state index is 0.215. The highest BCUT2D eigenvalue weighted by Gasteiger charge is 2.29. The molecule has 1 saturated carbocycles. The third-order valence-corrected chi connectivity index (χ3v) is 9.27. The second-order valence-electron chi connectivity index (χ2n) is 9.70. The van der Waals surface area contributed by atoms with Crippen LogP contribution in [0.4, 0.5) is 10.3 Å². The number of anilines is 1. The first kappa shape index (κ1) is 23.3. The average molecular weight is 485 g/mol. The maximum atomic E-state index is 13.4. The summed E-state index contributed by atoms with van der Waals surface area (Å²) in [7, 11) is -3.22. The van der Waals surface area contributed by atoms with E-state index < -0.39 is 10.0 Å². The Kier molecular flexibility index (Phi) is 6.88. The van der Waals surface area contributed by atoms with Gasteiger partial charge in [-0.3, -0.25) is 0 Å². The Balaban J connectivity index is 1.26. The van der Waals surface area contributed by atoms with Crippen molar-refractivity contribution in [3.63, 3.8) is 0 Å². The smallest absolute Gasteiger partial charge is 0.214 e. The lowest BCUT2D eigenvalue weighted by Gasteiger charge is -2.33. The molecule has 0 bridgehead atoms. The van der Waals surface area contributed by atoms with Crippen molar-refractivity contribution in [2.24, 2.45) is 5.92 Å². The number of benzene rings is 2. The zero-order valence-electron chi connectivity index (χ0n) is 19.5. The largest absolute Gasteiger partial charge is 0.342 e. The second-order valence-corrected chi connectivity index (χ2v) is 11.7. The van der Waals surface area contributed by atoms with Gasteiger partial charge >= 0.3 is 0 Å². The third-order valence-electron chi connectivity index (χ3n) is 7.35. The fourth-order valence-electron chi connectivity index (χ4n) is 5.30. The van der Waals surface area contributed by atoms with Crippen molar-refractivity contribution < 1.29 is 12.8 Å². The van der Waals surface area contributed by atoms with Crippen LogP contribution in [0, 0.1) is 11.7 Å². The Morgan fingerprint density at radius 2 is 1.65 bits per heavy atom. The lowest BCUT2D eigenvalue weighted by molar-refractivity contribution is 0.394. The molecule has 2 aromatic carbocycles. The van der Waals surface area contributed by atoms with Crippen LogP contribution < -0.4 is 9.62 Å². The van der Waals surface area contributed by atoms with E-state index in [0.717, 1.165) is 80.6 Å². The van der Waals surface area contributed by atoms with Crippen LogP contribution in [0.5, 0.6) is 0 Å². The molecule has 34 heavy (non-hydrogen) atoms. The van der Waals surface area contributed by atoms with E-state index in [0.29, 0.717) is 19.0 Å². The molecule has 8 heteroatoms. The van der Waals surface area contributed by atoms with E-state index in [2.05, 4.69) is 20.3 Å². The van der Waals surface area contributed by atoms with Gasteiger partial charge in [0.15, 0.2) is 0 Å². The quantitative estimate of drug-likeness (QED) is 0.528. The van der Waals surface area contributed by atoms with Gasteiger partial charge in [-0.15, -0.1) is 0 Å². The van der Waals surface area contributed by atoms with Crippen LogP contribution in [0.15, 0.2) is 48.5 Å². The summed E-state index contributed by atoms with van der Waals surface area (Å²) in [5.74, 6) is 1.02. The summed E-state index contributed by atoms with van der Waals surface area (Å²) in [6.07, 6.45) is 6.61. The van der Waals surface area contributed by atoms with E-state index in [9.17, 15) is 12.8 Å². The summed E-state index contributed by atoms with van der Waals surface area (Å²) >= 11 is 0. The number of piperidine rings is 1. The number of fused-ring (bicyclic) bond motifs is 1. The van der Waals surface area contributed by atoms with Crippen molar-refractivity contribution in [2.75, 3.05) is 24.5 Å². The minimum Gasteiger partial charge on any atom is -0.342 e. The molecule has 2 aliphatic rings. The molecule has 0 spiro atoms. The standard InChI is InChI=1S/C26H33FN4O2S/c27-22-12-10-21(11-13-22)19-31-25-9-5-4-8-24(25)29-26(31)30-16-14-20(15-17-30)18-28-34(32,33)23-6-2-1-3-7-23/h4-5,8-13,20,23,28H,1-3,6-7,14-19H2. The van der Waals surface area contributed by atoms with Crippen LogP contribution in [0.3, 0.4) is 0 Å². The molecule has 1 N–H and O–H groups in total. The number of nitrogens with one attached hydrogen (secondary N) is 1. The van der Waals surface area contributed by atoms with E-state index in [-0.39, 0.29) is 11.1 Å². The second kappa shape index (κ2) is 10.0. The summed E-state index contributed by atoms with van der Waals surface area (Å²) in [6.45, 7) is 2.82. The first-order valence-electron chi connectivity index (χ1n) is 12.4. The van der Waals surface area contributed by atoms with E-state index >= 15 is 0 Å². The van der Waals surface area contributed by atoms with E-state index in [1.807, 2.05) is 30.3 Å². The number of para-hydroxylation sites is 2. The van der Waals surface area contributed by atoms with Gasteiger partial charge in [0.25, 0.3) is 0 Å². The number of halogens is 1. The van der Waals surface area contributed by atoms with E-state index in [4.69, 9.17) is 4.98 Å². The van der Waals surface area contributed by atoms with Gasteiger partial charge in [-0.25, -0.2) is 22.5 Å². The molecular weight excluding hydrogens is 451 g/mol. The molecule has 6 nitrogen and oxygen atoms in total. The Morgan fingerprint density at radius 1 is 0.941 bits per heavy atom. The molecule has 2 heterocycles. The monoisotopic (exact) mass is 484 g/mol. The number of hydrogen-bond donors (Lipinski definition) is 1. The molecule has 2 fully saturated rings. The summed E-state index contributed by atoms with van der Waals surface area (Å²) in [6, 6.07) is 14.7. The van der Waals surface area contributed by atoms with Gasteiger partial charge in [0.2, 0.25) is 16.0 Å². The molecule has 0 unspecified atom stereocenters. The molecular formula is C26H33FN4O2S. The highest BCUT2D eigenvalue weighted by atomic mass is 32.2. The molecule has 5 rings (SSSR count). The van der Waals surface area contributed by atoms with Crippen molar-refractivity contribution in [1.29, 1.82) is 0 Å². The summed E-state index contributed by atoms with van der Waals surface area (Å²) in [5, 5.41) is -0.215. The Morgan fingerprint density at radius 3 is 2.38 bits per heavy atom. The van der Waals surface area contributed by atoms with Crippen molar-refractivity contribution >= 4 is 27.0 Å². The fourth-order valence-corrected chi connectivity index (χ4v) is 6.95. The maximum absolute atomic E-state index is 13.4. The van der Waals surface area contributed by atoms with Crippen LogP contribution in [0.1, 0.15) is 50.5 Å². The van der Waals surface area contributed by atoms with Gasteiger partial charge in [-0.05, 0) is 61.4 Å². The van der Waals surface area contributed by atoms with Crippen LogP contribution >= 0.6 is 0 Å². The summed E-state index contributed by atoms with van der Waals surface area (Å²) in [4.78, 5) is 7.23. The Bertz CT molecular complexity index is 1210. The highest BCUT2D eigenvalue weighted by Crippen LogP contribution is 2.28. The molecule has 0 radical (unpaired) electrons. The third kappa shape index (κ3) is 5.13. The summed E-state index contributed by atoms with van der Waals surface area (Å²) < 4.78 is 43.9. The molecule has 0 amide bonds. The Hall–Kier alpha value is -2.45. The van der Waals surface area contributed by atoms with Crippen LogP contribution in [-0.4, -0.2) is 42.9 Å². The number of hydrogen-bond acceptors (Lipinski definition) is 4. The van der Waals surface area contributed by atoms with Crippen molar-refractivity contribution in [3.05, 3.63) is 59.9 Å². The summed E-state index contributed by atoms with van der Waals surface area (Å²) in [5.41, 5.74) is 3.03. The minimum atomic E-state index is -3.22. The van der Waals surface area contributed by atoms with Crippen LogP contribution in [0.25, 0.3) is 11.0 Å². The topological polar surface area (TPSA) is 67.2 Å².